The average molecular weight is 490 g/mol. The van der Waals surface area contributed by atoms with Crippen LogP contribution in [0.15, 0.2) is 41.3 Å². The number of carbonyl (C=O) groups is 1. The van der Waals surface area contributed by atoms with Gasteiger partial charge in [-0.2, -0.15) is 4.31 Å². The van der Waals surface area contributed by atoms with Crippen LogP contribution in [0.3, 0.4) is 0 Å². The third-order valence-electron chi connectivity index (χ3n) is 6.66. The van der Waals surface area contributed by atoms with E-state index >= 15 is 0 Å². The van der Waals surface area contributed by atoms with Gasteiger partial charge in [-0.1, -0.05) is 6.42 Å². The SMILES string of the molecule is COc1ccc(C(=O)Nc2cc(F)ccc2N2CCCCC2)cc1S(=O)(=O)N1CCCCC1C. The Hall–Kier alpha value is -2.65. The summed E-state index contributed by atoms with van der Waals surface area (Å²) in [5.74, 6) is -0.767. The van der Waals surface area contributed by atoms with Crippen LogP contribution in [-0.2, 0) is 10.0 Å². The number of sulfonamides is 1. The zero-order chi connectivity index (χ0) is 24.3. The van der Waals surface area contributed by atoms with Crippen LogP contribution in [0.2, 0.25) is 0 Å². The van der Waals surface area contributed by atoms with E-state index in [0.29, 0.717) is 12.2 Å². The highest BCUT2D eigenvalue weighted by Crippen LogP contribution is 2.33. The summed E-state index contributed by atoms with van der Waals surface area (Å²) in [7, 11) is -2.45. The fraction of sp³-hybridized carbons (Fsp3) is 0.480. The second kappa shape index (κ2) is 10.3. The normalized spacial score (nSPS) is 19.6. The zero-order valence-corrected chi connectivity index (χ0v) is 20.5. The van der Waals surface area contributed by atoms with Crippen molar-refractivity contribution in [3.8, 4) is 5.75 Å². The maximum atomic E-state index is 14.1. The van der Waals surface area contributed by atoms with Crippen molar-refractivity contribution < 1.29 is 22.3 Å². The fourth-order valence-corrected chi connectivity index (χ4v) is 6.67. The molecular formula is C25H32FN3O4S. The molecule has 2 aromatic carbocycles. The highest BCUT2D eigenvalue weighted by Gasteiger charge is 2.33. The summed E-state index contributed by atoms with van der Waals surface area (Å²) in [5.41, 5.74) is 1.30. The van der Waals surface area contributed by atoms with E-state index in [2.05, 4.69) is 10.2 Å². The third-order valence-corrected chi connectivity index (χ3v) is 8.69. The Bertz CT molecular complexity index is 1150. The van der Waals surface area contributed by atoms with Gasteiger partial charge in [0, 0.05) is 31.2 Å². The maximum absolute atomic E-state index is 14.1. The second-order valence-electron chi connectivity index (χ2n) is 8.99. The smallest absolute Gasteiger partial charge is 0.255 e. The van der Waals surface area contributed by atoms with E-state index in [1.807, 2.05) is 6.92 Å². The van der Waals surface area contributed by atoms with Crippen LogP contribution in [-0.4, -0.2) is 51.4 Å². The molecule has 184 valence electrons. The molecule has 2 aliphatic rings. The quantitative estimate of drug-likeness (QED) is 0.640. The Labute approximate surface area is 200 Å². The largest absolute Gasteiger partial charge is 0.495 e. The molecule has 0 bridgehead atoms. The van der Waals surface area contributed by atoms with Crippen LogP contribution in [0, 0.1) is 5.82 Å². The van der Waals surface area contributed by atoms with Crippen molar-refractivity contribution in [2.75, 3.05) is 37.0 Å². The molecular weight excluding hydrogens is 457 g/mol. The second-order valence-corrected chi connectivity index (χ2v) is 10.8. The average Bonchev–Trinajstić information content (AvgIpc) is 2.84. The van der Waals surface area contributed by atoms with E-state index in [1.54, 1.807) is 6.07 Å². The van der Waals surface area contributed by atoms with E-state index in [1.165, 1.54) is 41.7 Å². The van der Waals surface area contributed by atoms with Crippen LogP contribution in [0.25, 0.3) is 0 Å². The molecule has 2 saturated heterocycles. The van der Waals surface area contributed by atoms with Crippen molar-refractivity contribution in [1.82, 2.24) is 4.31 Å². The van der Waals surface area contributed by atoms with E-state index in [0.717, 1.165) is 57.3 Å². The Balaban J connectivity index is 1.65. The summed E-state index contributed by atoms with van der Waals surface area (Å²) < 4.78 is 47.8. The van der Waals surface area contributed by atoms with Gasteiger partial charge in [0.2, 0.25) is 10.0 Å². The van der Waals surface area contributed by atoms with Gasteiger partial charge in [0.05, 0.1) is 18.5 Å². The fourth-order valence-electron chi connectivity index (χ4n) is 4.79. The number of halogens is 1. The number of hydrogen-bond acceptors (Lipinski definition) is 5. The Kier molecular flexibility index (Phi) is 7.42. The molecule has 2 fully saturated rings. The van der Waals surface area contributed by atoms with Gasteiger partial charge in [-0.05, 0) is 75.4 Å². The van der Waals surface area contributed by atoms with Gasteiger partial charge in [-0.25, -0.2) is 12.8 Å². The molecule has 0 spiro atoms. The van der Waals surface area contributed by atoms with E-state index in [9.17, 15) is 17.6 Å². The van der Waals surface area contributed by atoms with Gasteiger partial charge in [0.1, 0.15) is 16.5 Å². The highest BCUT2D eigenvalue weighted by atomic mass is 32.2. The lowest BCUT2D eigenvalue weighted by atomic mass is 10.1. The van der Waals surface area contributed by atoms with E-state index in [4.69, 9.17) is 4.74 Å². The van der Waals surface area contributed by atoms with Crippen LogP contribution >= 0.6 is 0 Å². The number of amides is 1. The van der Waals surface area contributed by atoms with Gasteiger partial charge < -0.3 is 15.0 Å². The van der Waals surface area contributed by atoms with Gasteiger partial charge in [0.25, 0.3) is 5.91 Å². The monoisotopic (exact) mass is 489 g/mol. The molecule has 0 aliphatic carbocycles. The summed E-state index contributed by atoms with van der Waals surface area (Å²) >= 11 is 0. The lowest BCUT2D eigenvalue weighted by Crippen LogP contribution is -2.42. The molecule has 9 heteroatoms. The first-order valence-electron chi connectivity index (χ1n) is 11.9. The first kappa shape index (κ1) is 24.5. The molecule has 1 amide bonds. The first-order valence-corrected chi connectivity index (χ1v) is 13.3. The Morgan fingerprint density at radius 1 is 1.03 bits per heavy atom. The number of nitrogens with one attached hydrogen (secondary N) is 1. The Morgan fingerprint density at radius 3 is 2.47 bits per heavy atom. The minimum atomic E-state index is -3.85. The summed E-state index contributed by atoms with van der Waals surface area (Å²) in [4.78, 5) is 15.3. The Morgan fingerprint density at radius 2 is 1.76 bits per heavy atom. The summed E-state index contributed by atoms with van der Waals surface area (Å²) in [6.07, 6.45) is 5.81. The van der Waals surface area contributed by atoms with E-state index < -0.39 is 21.7 Å². The van der Waals surface area contributed by atoms with Gasteiger partial charge in [0.15, 0.2) is 0 Å². The molecule has 2 aliphatic heterocycles. The highest BCUT2D eigenvalue weighted by molar-refractivity contribution is 7.89. The number of ether oxygens (including phenoxy) is 1. The number of methoxy groups -OCH3 is 1. The predicted octanol–water partition coefficient (Wildman–Crippen LogP) is 4.64. The minimum Gasteiger partial charge on any atom is -0.495 e. The van der Waals surface area contributed by atoms with Crippen molar-refractivity contribution in [2.45, 2.75) is 56.4 Å². The first-order chi connectivity index (χ1) is 16.3. The van der Waals surface area contributed by atoms with Crippen molar-refractivity contribution in [1.29, 1.82) is 0 Å². The standard InChI is InChI=1S/C25H32FN3O4S/c1-18-8-4-7-15-29(18)34(31,32)24-16-19(9-12-23(24)33-2)25(30)27-21-17-20(26)10-11-22(21)28-13-5-3-6-14-28/h9-12,16-18H,3-8,13-15H2,1-2H3,(H,27,30). The van der Waals surface area contributed by atoms with Crippen molar-refractivity contribution in [3.63, 3.8) is 0 Å². The number of nitrogens with zero attached hydrogens (tertiary/aromatic N) is 2. The molecule has 7 nitrogen and oxygen atoms in total. The molecule has 1 N–H and O–H groups in total. The molecule has 1 atom stereocenters. The van der Waals surface area contributed by atoms with Crippen LogP contribution < -0.4 is 15.0 Å². The summed E-state index contributed by atoms with van der Waals surface area (Å²) in [6, 6.07) is 8.61. The number of hydrogen-bond donors (Lipinski definition) is 1. The minimum absolute atomic E-state index is 0.0353. The molecule has 0 saturated carbocycles. The van der Waals surface area contributed by atoms with Crippen molar-refractivity contribution >= 4 is 27.3 Å². The van der Waals surface area contributed by atoms with Crippen LogP contribution in [0.1, 0.15) is 55.8 Å². The molecule has 1 unspecified atom stereocenters. The van der Waals surface area contributed by atoms with Gasteiger partial charge >= 0.3 is 0 Å². The third kappa shape index (κ3) is 5.05. The molecule has 4 rings (SSSR count). The summed E-state index contributed by atoms with van der Waals surface area (Å²) in [6.45, 7) is 4.01. The molecule has 0 aromatic heterocycles. The number of benzene rings is 2. The van der Waals surface area contributed by atoms with Gasteiger partial charge in [-0.3, -0.25) is 4.79 Å². The number of anilines is 2. The topological polar surface area (TPSA) is 79.0 Å². The molecule has 2 aromatic rings. The van der Waals surface area contributed by atoms with E-state index in [-0.39, 0.29) is 22.3 Å². The lowest BCUT2D eigenvalue weighted by molar-refractivity contribution is 0.102. The molecule has 2 heterocycles. The molecule has 34 heavy (non-hydrogen) atoms. The number of rotatable bonds is 6. The van der Waals surface area contributed by atoms with Crippen LogP contribution in [0.4, 0.5) is 15.8 Å². The lowest BCUT2D eigenvalue weighted by Gasteiger charge is -2.32. The summed E-state index contributed by atoms with van der Waals surface area (Å²) in [5, 5.41) is 2.80. The predicted molar refractivity (Wildman–Crippen MR) is 131 cm³/mol. The number of carbonyl (C=O) groups excluding carboxylic acids is 1. The maximum Gasteiger partial charge on any atom is 0.255 e. The van der Waals surface area contributed by atoms with Crippen molar-refractivity contribution in [2.24, 2.45) is 0 Å². The number of piperidine rings is 2. The zero-order valence-electron chi connectivity index (χ0n) is 19.7. The van der Waals surface area contributed by atoms with Crippen LogP contribution in [0.5, 0.6) is 5.75 Å². The van der Waals surface area contributed by atoms with Gasteiger partial charge in [-0.15, -0.1) is 0 Å². The van der Waals surface area contributed by atoms with Crippen molar-refractivity contribution in [3.05, 3.63) is 47.8 Å². The molecule has 0 radical (unpaired) electrons.